The van der Waals surface area contributed by atoms with Crippen LogP contribution in [0.1, 0.15) is 56.8 Å². The molecular formula is C24H30N2O5. The number of carbonyl (C=O) groups excluding carboxylic acids is 4. The molecule has 1 aliphatic heterocycles. The lowest BCUT2D eigenvalue weighted by Crippen LogP contribution is -2.48. The number of benzene rings is 1. The third-order valence-electron chi connectivity index (χ3n) is 5.68. The van der Waals surface area contributed by atoms with Crippen molar-refractivity contribution in [1.82, 2.24) is 4.90 Å². The van der Waals surface area contributed by atoms with Crippen molar-refractivity contribution in [1.29, 1.82) is 0 Å². The number of rotatable bonds is 8. The monoisotopic (exact) mass is 426 g/mol. The molecule has 0 bridgehead atoms. The van der Waals surface area contributed by atoms with Gasteiger partial charge in [-0.1, -0.05) is 32.9 Å². The average Bonchev–Trinajstić information content (AvgIpc) is 3.01. The third-order valence-corrected chi connectivity index (χ3v) is 5.68. The minimum Gasteiger partial charge on any atom is -0.462 e. The van der Waals surface area contributed by atoms with Gasteiger partial charge in [0.1, 0.15) is 6.04 Å². The molecule has 1 aromatic rings. The second kappa shape index (κ2) is 9.90. The molecule has 1 aliphatic carbocycles. The van der Waals surface area contributed by atoms with Crippen LogP contribution < -0.4 is 5.32 Å². The Balaban J connectivity index is 1.74. The van der Waals surface area contributed by atoms with Crippen LogP contribution in [-0.4, -0.2) is 41.2 Å². The zero-order chi connectivity index (χ0) is 22.5. The van der Waals surface area contributed by atoms with Gasteiger partial charge >= 0.3 is 5.97 Å². The highest BCUT2D eigenvalue weighted by atomic mass is 16.5. The molecule has 166 valence electrons. The topological polar surface area (TPSA) is 92.8 Å². The van der Waals surface area contributed by atoms with Crippen LogP contribution in [0.25, 0.3) is 0 Å². The fraction of sp³-hybridized carbons (Fsp3) is 0.500. The van der Waals surface area contributed by atoms with Gasteiger partial charge in [0.2, 0.25) is 17.7 Å². The van der Waals surface area contributed by atoms with Gasteiger partial charge in [0.05, 0.1) is 24.0 Å². The predicted octanol–water partition coefficient (Wildman–Crippen LogP) is 3.56. The molecular weight excluding hydrogens is 396 g/mol. The number of carbonyl (C=O) groups is 4. The van der Waals surface area contributed by atoms with Crippen molar-refractivity contribution in [2.75, 3.05) is 11.9 Å². The van der Waals surface area contributed by atoms with Crippen LogP contribution in [0.15, 0.2) is 36.4 Å². The summed E-state index contributed by atoms with van der Waals surface area (Å²) in [6.45, 7) is 6.18. The molecule has 0 saturated carbocycles. The lowest BCUT2D eigenvalue weighted by molar-refractivity contribution is -0.147. The lowest BCUT2D eigenvalue weighted by atomic mass is 9.85. The SMILES string of the molecule is CCCOC(=O)c1ccc(NC(=O)[C@H](CC(C)C)N2C(=O)[C@H]3CC=CC[C@H]3C2=O)cc1. The van der Waals surface area contributed by atoms with Crippen molar-refractivity contribution in [3.8, 4) is 0 Å². The van der Waals surface area contributed by atoms with Gasteiger partial charge in [-0.05, 0) is 55.9 Å². The van der Waals surface area contributed by atoms with Gasteiger partial charge in [-0.25, -0.2) is 4.79 Å². The predicted molar refractivity (Wildman–Crippen MR) is 116 cm³/mol. The highest BCUT2D eigenvalue weighted by Crippen LogP contribution is 2.37. The number of ether oxygens (including phenoxy) is 1. The highest BCUT2D eigenvalue weighted by molar-refractivity contribution is 6.10. The van der Waals surface area contributed by atoms with E-state index >= 15 is 0 Å². The molecule has 2 aliphatic rings. The lowest BCUT2D eigenvalue weighted by Gasteiger charge is -2.27. The van der Waals surface area contributed by atoms with Crippen LogP contribution in [0.5, 0.6) is 0 Å². The largest absolute Gasteiger partial charge is 0.462 e. The number of hydrogen-bond acceptors (Lipinski definition) is 5. The van der Waals surface area contributed by atoms with Gasteiger partial charge in [0, 0.05) is 5.69 Å². The first-order valence-electron chi connectivity index (χ1n) is 10.9. The summed E-state index contributed by atoms with van der Waals surface area (Å²) in [4.78, 5) is 52.2. The number of amides is 3. The summed E-state index contributed by atoms with van der Waals surface area (Å²) in [5, 5.41) is 2.80. The molecule has 3 amide bonds. The summed E-state index contributed by atoms with van der Waals surface area (Å²) in [5.41, 5.74) is 0.885. The van der Waals surface area contributed by atoms with Crippen LogP contribution in [0.2, 0.25) is 0 Å². The van der Waals surface area contributed by atoms with Crippen molar-refractivity contribution in [2.45, 2.75) is 52.5 Å². The summed E-state index contributed by atoms with van der Waals surface area (Å²) in [6.07, 6.45) is 6.07. The van der Waals surface area contributed by atoms with Crippen molar-refractivity contribution in [3.63, 3.8) is 0 Å². The Hall–Kier alpha value is -2.96. The van der Waals surface area contributed by atoms with Crippen molar-refractivity contribution in [3.05, 3.63) is 42.0 Å². The first-order valence-corrected chi connectivity index (χ1v) is 10.9. The number of likely N-dealkylation sites (tertiary alicyclic amines) is 1. The van der Waals surface area contributed by atoms with Crippen LogP contribution in [0.3, 0.4) is 0 Å². The quantitative estimate of drug-likeness (QED) is 0.390. The van der Waals surface area contributed by atoms with Gasteiger partial charge in [-0.15, -0.1) is 0 Å². The Morgan fingerprint density at radius 3 is 2.16 bits per heavy atom. The van der Waals surface area contributed by atoms with Crippen LogP contribution in [0, 0.1) is 17.8 Å². The highest BCUT2D eigenvalue weighted by Gasteiger charge is 2.51. The van der Waals surface area contributed by atoms with Gasteiger partial charge in [-0.3, -0.25) is 19.3 Å². The number of imide groups is 1. The van der Waals surface area contributed by atoms with Gasteiger partial charge in [-0.2, -0.15) is 0 Å². The smallest absolute Gasteiger partial charge is 0.338 e. The molecule has 3 atom stereocenters. The molecule has 1 saturated heterocycles. The fourth-order valence-corrected chi connectivity index (χ4v) is 4.10. The summed E-state index contributed by atoms with van der Waals surface area (Å²) in [7, 11) is 0. The third kappa shape index (κ3) is 5.03. The number of fused-ring (bicyclic) bond motifs is 1. The first-order chi connectivity index (χ1) is 14.8. The Bertz CT molecular complexity index is 848. The van der Waals surface area contributed by atoms with Crippen LogP contribution in [-0.2, 0) is 19.1 Å². The van der Waals surface area contributed by atoms with E-state index in [1.54, 1.807) is 24.3 Å². The van der Waals surface area contributed by atoms with E-state index in [4.69, 9.17) is 4.74 Å². The van der Waals surface area contributed by atoms with E-state index in [1.165, 1.54) is 4.90 Å². The van der Waals surface area contributed by atoms with E-state index in [1.807, 2.05) is 32.9 Å². The molecule has 1 heterocycles. The molecule has 1 aromatic carbocycles. The maximum absolute atomic E-state index is 13.1. The molecule has 7 heteroatoms. The molecule has 0 radical (unpaired) electrons. The maximum Gasteiger partial charge on any atom is 0.338 e. The zero-order valence-electron chi connectivity index (χ0n) is 18.3. The first kappa shape index (κ1) is 22.7. The number of hydrogen-bond donors (Lipinski definition) is 1. The van der Waals surface area contributed by atoms with E-state index in [-0.39, 0.29) is 29.6 Å². The second-order valence-electron chi connectivity index (χ2n) is 8.55. The molecule has 1 N–H and O–H groups in total. The van der Waals surface area contributed by atoms with E-state index in [2.05, 4.69) is 5.32 Å². The standard InChI is InChI=1S/C24H30N2O5/c1-4-13-31-24(30)16-9-11-17(12-10-16)25-21(27)20(14-15(2)3)26-22(28)18-7-5-6-8-19(18)23(26)29/h5-6,9-12,15,18-20H,4,7-8,13-14H2,1-3H3,(H,25,27)/t18-,19+,20-/m0/s1. The van der Waals surface area contributed by atoms with Crippen molar-refractivity contribution >= 4 is 29.4 Å². The Kier molecular flexibility index (Phi) is 7.25. The maximum atomic E-state index is 13.1. The van der Waals surface area contributed by atoms with Crippen LogP contribution >= 0.6 is 0 Å². The van der Waals surface area contributed by atoms with Gasteiger partial charge in [0.25, 0.3) is 0 Å². The van der Waals surface area contributed by atoms with E-state index in [0.717, 1.165) is 6.42 Å². The minimum atomic E-state index is -0.861. The van der Waals surface area contributed by atoms with Gasteiger partial charge < -0.3 is 10.1 Å². The summed E-state index contributed by atoms with van der Waals surface area (Å²) in [6, 6.07) is 5.53. The molecule has 31 heavy (non-hydrogen) atoms. The average molecular weight is 427 g/mol. The van der Waals surface area contributed by atoms with E-state index in [9.17, 15) is 19.2 Å². The molecule has 7 nitrogen and oxygen atoms in total. The molecule has 0 spiro atoms. The Morgan fingerprint density at radius 2 is 1.65 bits per heavy atom. The molecule has 3 rings (SSSR count). The molecule has 0 unspecified atom stereocenters. The zero-order valence-corrected chi connectivity index (χ0v) is 18.3. The number of anilines is 1. The number of allylic oxidation sites excluding steroid dienone is 2. The summed E-state index contributed by atoms with van der Waals surface area (Å²) in [5.74, 6) is -1.94. The Morgan fingerprint density at radius 1 is 1.06 bits per heavy atom. The minimum absolute atomic E-state index is 0.118. The van der Waals surface area contributed by atoms with E-state index in [0.29, 0.717) is 37.1 Å². The summed E-state index contributed by atoms with van der Waals surface area (Å²) < 4.78 is 5.10. The number of esters is 1. The van der Waals surface area contributed by atoms with Crippen molar-refractivity contribution < 1.29 is 23.9 Å². The van der Waals surface area contributed by atoms with Crippen molar-refractivity contribution in [2.24, 2.45) is 17.8 Å². The summed E-state index contributed by atoms with van der Waals surface area (Å²) >= 11 is 0. The molecule has 1 fully saturated rings. The van der Waals surface area contributed by atoms with E-state index < -0.39 is 17.9 Å². The second-order valence-corrected chi connectivity index (χ2v) is 8.55. The fourth-order valence-electron chi connectivity index (χ4n) is 4.10. The normalized spacial score (nSPS) is 21.2. The van der Waals surface area contributed by atoms with Crippen LogP contribution in [0.4, 0.5) is 5.69 Å². The Labute approximate surface area is 182 Å². The molecule has 0 aromatic heterocycles. The number of nitrogens with one attached hydrogen (secondary N) is 1. The van der Waals surface area contributed by atoms with Gasteiger partial charge in [0.15, 0.2) is 0 Å². The number of nitrogens with zero attached hydrogens (tertiary/aromatic N) is 1.